The van der Waals surface area contributed by atoms with Crippen molar-refractivity contribution in [3.8, 4) is 5.75 Å². The minimum Gasteiger partial charge on any atom is -0.508 e. The zero-order valence-corrected chi connectivity index (χ0v) is 13.8. The minimum atomic E-state index is -0.431. The van der Waals surface area contributed by atoms with Gasteiger partial charge in [-0.05, 0) is 54.6 Å². The molecule has 24 heavy (non-hydrogen) atoms. The maximum atomic E-state index is 13.8. The molecule has 2 aromatic carbocycles. The highest BCUT2D eigenvalue weighted by Gasteiger charge is 2.32. The first kappa shape index (κ1) is 16.3. The number of likely N-dealkylation sites (N-methyl/N-ethyl adjacent to an activating group) is 1. The molecular formula is C18H15FN2O2S. The van der Waals surface area contributed by atoms with Crippen LogP contribution in [-0.2, 0) is 4.79 Å². The predicted molar refractivity (Wildman–Crippen MR) is 94.6 cm³/mol. The Hall–Kier alpha value is -2.60. The second-order valence-corrected chi connectivity index (χ2v) is 6.11. The summed E-state index contributed by atoms with van der Waals surface area (Å²) in [6.45, 7) is 2.28. The van der Waals surface area contributed by atoms with Crippen LogP contribution < -0.4 is 0 Å². The predicted octanol–water partition coefficient (Wildman–Crippen LogP) is 4.16. The van der Waals surface area contributed by atoms with Gasteiger partial charge < -0.3 is 5.11 Å². The first-order valence-corrected chi connectivity index (χ1v) is 8.24. The van der Waals surface area contributed by atoms with Crippen LogP contribution in [0, 0.1) is 5.82 Å². The third kappa shape index (κ3) is 3.33. The molecular weight excluding hydrogens is 327 g/mol. The van der Waals surface area contributed by atoms with E-state index in [9.17, 15) is 14.3 Å². The summed E-state index contributed by atoms with van der Waals surface area (Å²) in [5.41, 5.74) is 0.916. The number of amidine groups is 1. The molecule has 1 aliphatic heterocycles. The Labute approximate surface area is 143 Å². The number of phenols is 1. The van der Waals surface area contributed by atoms with E-state index >= 15 is 0 Å². The first-order chi connectivity index (χ1) is 11.6. The van der Waals surface area contributed by atoms with Gasteiger partial charge in [0.25, 0.3) is 5.91 Å². The van der Waals surface area contributed by atoms with Crippen molar-refractivity contribution in [3.05, 3.63) is 64.8 Å². The van der Waals surface area contributed by atoms with Crippen molar-refractivity contribution >= 4 is 34.6 Å². The summed E-state index contributed by atoms with van der Waals surface area (Å²) in [5.74, 6) is -0.479. The standard InChI is InChI=1S/C18H15FN2O2S/c1-2-21-17(23)16(11-12-6-5-7-13(22)10-12)24-18(21)20-15-9-4-3-8-14(15)19/h3-11,22H,2H2,1H3/b16-11+,20-18?. The minimum absolute atomic E-state index is 0.132. The number of aromatic hydroxyl groups is 1. The summed E-state index contributed by atoms with van der Waals surface area (Å²) in [4.78, 5) is 18.8. The van der Waals surface area contributed by atoms with Gasteiger partial charge in [-0.2, -0.15) is 0 Å². The second-order valence-electron chi connectivity index (χ2n) is 5.10. The van der Waals surface area contributed by atoms with Crippen molar-refractivity contribution in [2.24, 2.45) is 4.99 Å². The molecule has 3 rings (SSSR count). The molecule has 0 unspecified atom stereocenters. The highest BCUT2D eigenvalue weighted by atomic mass is 32.2. The van der Waals surface area contributed by atoms with Crippen LogP contribution in [0.25, 0.3) is 6.08 Å². The quantitative estimate of drug-likeness (QED) is 0.853. The zero-order chi connectivity index (χ0) is 17.1. The molecule has 1 N–H and O–H groups in total. The number of thioether (sulfide) groups is 1. The van der Waals surface area contributed by atoms with Crippen molar-refractivity contribution in [2.45, 2.75) is 6.92 Å². The number of hydrogen-bond acceptors (Lipinski definition) is 4. The Morgan fingerprint density at radius 2 is 2.04 bits per heavy atom. The number of hydrogen-bond donors (Lipinski definition) is 1. The smallest absolute Gasteiger partial charge is 0.266 e. The van der Waals surface area contributed by atoms with Crippen LogP contribution in [0.1, 0.15) is 12.5 Å². The van der Waals surface area contributed by atoms with E-state index in [0.717, 1.165) is 0 Å². The lowest BCUT2D eigenvalue weighted by Crippen LogP contribution is -2.28. The molecule has 0 spiro atoms. The average Bonchev–Trinajstić information content (AvgIpc) is 2.85. The van der Waals surface area contributed by atoms with Gasteiger partial charge in [-0.15, -0.1) is 0 Å². The monoisotopic (exact) mass is 342 g/mol. The largest absolute Gasteiger partial charge is 0.508 e. The first-order valence-electron chi connectivity index (χ1n) is 7.42. The fourth-order valence-electron chi connectivity index (χ4n) is 2.28. The molecule has 0 aliphatic carbocycles. The van der Waals surface area contributed by atoms with E-state index in [4.69, 9.17) is 0 Å². The number of benzene rings is 2. The van der Waals surface area contributed by atoms with E-state index in [1.54, 1.807) is 48.5 Å². The summed E-state index contributed by atoms with van der Waals surface area (Å²) in [5, 5.41) is 9.98. The molecule has 0 radical (unpaired) electrons. The summed E-state index contributed by atoms with van der Waals surface area (Å²) in [6, 6.07) is 12.8. The normalized spacial score (nSPS) is 17.9. The van der Waals surface area contributed by atoms with Gasteiger partial charge in [0, 0.05) is 6.54 Å². The fourth-order valence-corrected chi connectivity index (χ4v) is 3.34. The number of nitrogens with zero attached hydrogens (tertiary/aromatic N) is 2. The lowest BCUT2D eigenvalue weighted by atomic mass is 10.2. The molecule has 0 atom stereocenters. The molecule has 0 aromatic heterocycles. The average molecular weight is 342 g/mol. The Balaban J connectivity index is 1.96. The van der Waals surface area contributed by atoms with E-state index < -0.39 is 5.82 Å². The van der Waals surface area contributed by atoms with Crippen LogP contribution in [0.15, 0.2) is 58.4 Å². The Kier molecular flexibility index (Phi) is 4.66. The number of halogens is 1. The molecule has 1 aliphatic rings. The van der Waals surface area contributed by atoms with Crippen molar-refractivity contribution in [3.63, 3.8) is 0 Å². The van der Waals surface area contributed by atoms with Crippen LogP contribution in [-0.4, -0.2) is 27.6 Å². The number of carbonyl (C=O) groups excluding carboxylic acids is 1. The zero-order valence-electron chi connectivity index (χ0n) is 12.9. The number of aliphatic imine (C=N–C) groups is 1. The van der Waals surface area contributed by atoms with Gasteiger partial charge in [0.05, 0.1) is 4.91 Å². The molecule has 6 heteroatoms. The number of amides is 1. The van der Waals surface area contributed by atoms with Crippen LogP contribution in [0.2, 0.25) is 0 Å². The molecule has 122 valence electrons. The van der Waals surface area contributed by atoms with Gasteiger partial charge in [0.15, 0.2) is 5.17 Å². The van der Waals surface area contributed by atoms with E-state index in [-0.39, 0.29) is 17.3 Å². The fraction of sp³-hybridized carbons (Fsp3) is 0.111. The van der Waals surface area contributed by atoms with E-state index in [1.807, 2.05) is 6.92 Å². The maximum absolute atomic E-state index is 13.8. The third-order valence-corrected chi connectivity index (χ3v) is 4.45. The molecule has 0 bridgehead atoms. The summed E-state index contributed by atoms with van der Waals surface area (Å²) < 4.78 is 13.8. The Morgan fingerprint density at radius 3 is 2.75 bits per heavy atom. The third-order valence-electron chi connectivity index (χ3n) is 3.44. The van der Waals surface area contributed by atoms with Crippen molar-refractivity contribution in [1.82, 2.24) is 4.90 Å². The highest BCUT2D eigenvalue weighted by Crippen LogP contribution is 2.34. The van der Waals surface area contributed by atoms with Gasteiger partial charge in [-0.25, -0.2) is 9.38 Å². The molecule has 4 nitrogen and oxygen atoms in total. The molecule has 1 saturated heterocycles. The number of rotatable bonds is 3. The van der Waals surface area contributed by atoms with E-state index in [1.165, 1.54) is 22.7 Å². The van der Waals surface area contributed by atoms with Crippen LogP contribution >= 0.6 is 11.8 Å². The Bertz CT molecular complexity index is 848. The SMILES string of the molecule is CCN1C(=O)/C(=C\c2cccc(O)c2)SC1=Nc1ccccc1F. The molecule has 1 heterocycles. The van der Waals surface area contributed by atoms with Gasteiger partial charge >= 0.3 is 0 Å². The van der Waals surface area contributed by atoms with Gasteiger partial charge in [-0.1, -0.05) is 24.3 Å². The van der Waals surface area contributed by atoms with Gasteiger partial charge in [0.1, 0.15) is 17.3 Å². The van der Waals surface area contributed by atoms with Crippen LogP contribution in [0.5, 0.6) is 5.75 Å². The van der Waals surface area contributed by atoms with Crippen LogP contribution in [0.4, 0.5) is 10.1 Å². The lowest BCUT2D eigenvalue weighted by molar-refractivity contribution is -0.122. The van der Waals surface area contributed by atoms with E-state index in [0.29, 0.717) is 22.2 Å². The van der Waals surface area contributed by atoms with Crippen molar-refractivity contribution in [2.75, 3.05) is 6.54 Å². The highest BCUT2D eigenvalue weighted by molar-refractivity contribution is 8.18. The number of para-hydroxylation sites is 1. The molecule has 1 fully saturated rings. The van der Waals surface area contributed by atoms with Gasteiger partial charge in [-0.3, -0.25) is 9.69 Å². The topological polar surface area (TPSA) is 52.9 Å². The number of phenolic OH excluding ortho intramolecular Hbond substituents is 1. The number of carbonyl (C=O) groups is 1. The molecule has 2 aromatic rings. The summed E-state index contributed by atoms with van der Waals surface area (Å²) in [6.07, 6.45) is 1.69. The van der Waals surface area contributed by atoms with E-state index in [2.05, 4.69) is 4.99 Å². The molecule has 0 saturated carbocycles. The Morgan fingerprint density at radius 1 is 1.25 bits per heavy atom. The molecule has 1 amide bonds. The second kappa shape index (κ2) is 6.88. The summed E-state index contributed by atoms with van der Waals surface area (Å²) in [7, 11) is 0. The van der Waals surface area contributed by atoms with Crippen molar-refractivity contribution in [1.29, 1.82) is 0 Å². The van der Waals surface area contributed by atoms with Crippen molar-refractivity contribution < 1.29 is 14.3 Å². The lowest BCUT2D eigenvalue weighted by Gasteiger charge is -2.12. The summed E-state index contributed by atoms with van der Waals surface area (Å²) >= 11 is 1.19. The van der Waals surface area contributed by atoms with Crippen LogP contribution in [0.3, 0.4) is 0 Å². The van der Waals surface area contributed by atoms with Gasteiger partial charge in [0.2, 0.25) is 0 Å². The maximum Gasteiger partial charge on any atom is 0.266 e.